The van der Waals surface area contributed by atoms with Crippen LogP contribution in [-0.2, 0) is 0 Å². The summed E-state index contributed by atoms with van der Waals surface area (Å²) in [6.07, 6.45) is 1.54. The predicted octanol–water partition coefficient (Wildman–Crippen LogP) is -0.241. The third-order valence-corrected chi connectivity index (χ3v) is 1.84. The standard InChI is InChI=1S/C11H9O2.Li/c1-12-10-6-4-9(5-7-10)11-3-2-8-13-11;/h3-8H,1H3;/q-1;+1. The molecular formula is C11H9LiO2. The first kappa shape index (κ1) is 11.0. The van der Waals surface area contributed by atoms with E-state index in [1.165, 1.54) is 0 Å². The minimum Gasteiger partial charge on any atom is -0.569 e. The predicted molar refractivity (Wildman–Crippen MR) is 49.5 cm³/mol. The van der Waals surface area contributed by atoms with Crippen molar-refractivity contribution < 1.29 is 28.0 Å². The van der Waals surface area contributed by atoms with Crippen LogP contribution in [0.25, 0.3) is 11.3 Å². The van der Waals surface area contributed by atoms with Gasteiger partial charge in [0.2, 0.25) is 0 Å². The van der Waals surface area contributed by atoms with Crippen LogP contribution >= 0.6 is 0 Å². The van der Waals surface area contributed by atoms with Crippen LogP contribution in [0.5, 0.6) is 5.75 Å². The molecule has 0 radical (unpaired) electrons. The zero-order valence-corrected chi connectivity index (χ0v) is 8.28. The summed E-state index contributed by atoms with van der Waals surface area (Å²) in [5.41, 5.74) is 1.03. The molecule has 0 unspecified atom stereocenters. The Hall–Kier alpha value is -1.10. The van der Waals surface area contributed by atoms with Gasteiger partial charge in [0.05, 0.1) is 7.11 Å². The molecule has 0 aliphatic carbocycles. The summed E-state index contributed by atoms with van der Waals surface area (Å²) in [5, 5.41) is 0. The van der Waals surface area contributed by atoms with E-state index in [2.05, 4.69) is 6.07 Å². The molecular weight excluding hydrogens is 171 g/mol. The van der Waals surface area contributed by atoms with Crippen molar-refractivity contribution in [3.05, 3.63) is 42.7 Å². The quantitative estimate of drug-likeness (QED) is 0.470. The normalized spacial score (nSPS) is 9.21. The Morgan fingerprint density at radius 3 is 2.43 bits per heavy atom. The average molecular weight is 180 g/mol. The molecule has 0 aliphatic heterocycles. The van der Waals surface area contributed by atoms with E-state index < -0.39 is 0 Å². The molecule has 0 saturated carbocycles. The molecule has 1 aromatic heterocycles. The smallest absolute Gasteiger partial charge is 0.569 e. The molecule has 0 atom stereocenters. The van der Waals surface area contributed by atoms with Crippen molar-refractivity contribution in [2.24, 2.45) is 0 Å². The number of hydrogen-bond acceptors (Lipinski definition) is 2. The number of hydrogen-bond donors (Lipinski definition) is 0. The van der Waals surface area contributed by atoms with E-state index in [9.17, 15) is 0 Å². The van der Waals surface area contributed by atoms with E-state index in [0.29, 0.717) is 0 Å². The van der Waals surface area contributed by atoms with E-state index in [4.69, 9.17) is 9.15 Å². The SMILES string of the molecule is COc1ccc(-c2c[c-]co2)cc1.[Li+]. The summed E-state index contributed by atoms with van der Waals surface area (Å²) in [5.74, 6) is 1.67. The van der Waals surface area contributed by atoms with Gasteiger partial charge in [0.15, 0.2) is 0 Å². The Morgan fingerprint density at radius 1 is 1.21 bits per heavy atom. The van der Waals surface area contributed by atoms with Gasteiger partial charge in [-0.25, -0.2) is 6.07 Å². The Morgan fingerprint density at radius 2 is 1.93 bits per heavy atom. The minimum atomic E-state index is 0. The number of furan rings is 1. The van der Waals surface area contributed by atoms with Crippen LogP contribution in [-0.4, -0.2) is 7.11 Å². The first-order valence-corrected chi connectivity index (χ1v) is 3.99. The summed E-state index contributed by atoms with van der Waals surface area (Å²) < 4.78 is 10.2. The second-order valence-corrected chi connectivity index (χ2v) is 2.64. The maximum absolute atomic E-state index is 5.20. The molecule has 0 spiro atoms. The Bertz CT molecular complexity index is 365. The Kier molecular flexibility index (Phi) is 3.88. The molecule has 0 aliphatic rings. The van der Waals surface area contributed by atoms with Crippen molar-refractivity contribution in [2.75, 3.05) is 7.11 Å². The third-order valence-electron chi connectivity index (χ3n) is 1.84. The molecule has 1 aromatic carbocycles. The van der Waals surface area contributed by atoms with Gasteiger partial charge >= 0.3 is 18.9 Å². The van der Waals surface area contributed by atoms with Crippen LogP contribution in [0.1, 0.15) is 0 Å². The molecule has 66 valence electrons. The first-order valence-electron chi connectivity index (χ1n) is 3.99. The van der Waals surface area contributed by atoms with Crippen molar-refractivity contribution in [1.82, 2.24) is 0 Å². The fraction of sp³-hybridized carbons (Fsp3) is 0.0909. The Balaban J connectivity index is 0.000000980. The van der Waals surface area contributed by atoms with E-state index in [1.807, 2.05) is 30.3 Å². The largest absolute Gasteiger partial charge is 1.00 e. The molecule has 0 saturated heterocycles. The molecule has 2 rings (SSSR count). The van der Waals surface area contributed by atoms with E-state index >= 15 is 0 Å². The van der Waals surface area contributed by atoms with Gasteiger partial charge in [0, 0.05) is 0 Å². The van der Waals surface area contributed by atoms with Gasteiger partial charge in [-0.1, -0.05) is 17.7 Å². The van der Waals surface area contributed by atoms with Crippen molar-refractivity contribution in [3.63, 3.8) is 0 Å². The average Bonchev–Trinajstić information content (AvgIpc) is 2.71. The summed E-state index contributed by atoms with van der Waals surface area (Å²) in [4.78, 5) is 0. The van der Waals surface area contributed by atoms with Crippen LogP contribution in [0.3, 0.4) is 0 Å². The van der Waals surface area contributed by atoms with Gasteiger partial charge in [0.1, 0.15) is 5.75 Å². The fourth-order valence-electron chi connectivity index (χ4n) is 1.15. The second-order valence-electron chi connectivity index (χ2n) is 2.64. The van der Waals surface area contributed by atoms with Gasteiger partial charge in [-0.3, -0.25) is 0 Å². The molecule has 0 bridgehead atoms. The van der Waals surface area contributed by atoms with Crippen LogP contribution in [0.4, 0.5) is 0 Å². The van der Waals surface area contributed by atoms with Crippen molar-refractivity contribution in [1.29, 1.82) is 0 Å². The topological polar surface area (TPSA) is 22.4 Å². The van der Waals surface area contributed by atoms with Crippen LogP contribution in [0.2, 0.25) is 0 Å². The number of ether oxygens (including phenoxy) is 1. The number of rotatable bonds is 2. The van der Waals surface area contributed by atoms with E-state index in [-0.39, 0.29) is 18.9 Å². The van der Waals surface area contributed by atoms with Crippen molar-refractivity contribution in [2.45, 2.75) is 0 Å². The molecule has 2 aromatic rings. The zero-order chi connectivity index (χ0) is 9.10. The molecule has 3 heteroatoms. The second kappa shape index (κ2) is 4.95. The fourth-order valence-corrected chi connectivity index (χ4v) is 1.15. The van der Waals surface area contributed by atoms with Crippen molar-refractivity contribution >= 4 is 0 Å². The molecule has 2 nitrogen and oxygen atoms in total. The molecule has 0 N–H and O–H groups in total. The Labute approximate surface area is 95.1 Å². The summed E-state index contributed by atoms with van der Waals surface area (Å²) in [6, 6.07) is 12.4. The summed E-state index contributed by atoms with van der Waals surface area (Å²) in [7, 11) is 1.65. The van der Waals surface area contributed by atoms with Crippen LogP contribution in [0.15, 0.2) is 41.0 Å². The minimum absolute atomic E-state index is 0. The van der Waals surface area contributed by atoms with Crippen molar-refractivity contribution in [3.8, 4) is 17.1 Å². The maximum atomic E-state index is 5.20. The molecule has 0 amide bonds. The monoisotopic (exact) mass is 180 g/mol. The third kappa shape index (κ3) is 2.23. The number of methoxy groups -OCH3 is 1. The van der Waals surface area contributed by atoms with Crippen LogP contribution < -0.4 is 23.6 Å². The molecule has 0 fully saturated rings. The zero-order valence-electron chi connectivity index (χ0n) is 8.28. The van der Waals surface area contributed by atoms with Gasteiger partial charge < -0.3 is 9.15 Å². The first-order chi connectivity index (χ1) is 6.40. The maximum Gasteiger partial charge on any atom is 1.00 e. The van der Waals surface area contributed by atoms with Crippen LogP contribution in [0, 0.1) is 6.07 Å². The van der Waals surface area contributed by atoms with Gasteiger partial charge in [0.25, 0.3) is 0 Å². The molecule has 14 heavy (non-hydrogen) atoms. The van der Waals surface area contributed by atoms with E-state index in [1.54, 1.807) is 13.4 Å². The summed E-state index contributed by atoms with van der Waals surface area (Å²) in [6.45, 7) is 0. The molecule has 1 heterocycles. The summed E-state index contributed by atoms with van der Waals surface area (Å²) >= 11 is 0. The van der Waals surface area contributed by atoms with Gasteiger partial charge in [-0.05, 0) is 24.2 Å². The van der Waals surface area contributed by atoms with Gasteiger partial charge in [-0.15, -0.1) is 0 Å². The number of benzene rings is 1. The van der Waals surface area contributed by atoms with Gasteiger partial charge in [-0.2, -0.15) is 6.07 Å². The van der Waals surface area contributed by atoms with E-state index in [0.717, 1.165) is 17.1 Å².